The first-order chi connectivity index (χ1) is 8.66. The zero-order valence-electron chi connectivity index (χ0n) is 11.2. The van der Waals surface area contributed by atoms with E-state index in [9.17, 15) is 9.59 Å². The van der Waals surface area contributed by atoms with E-state index >= 15 is 0 Å². The van der Waals surface area contributed by atoms with Crippen LogP contribution in [-0.2, 0) is 15.1 Å². The smallest absolute Gasteiger partial charge is 0.408 e. The third-order valence-corrected chi connectivity index (χ3v) is 2.34. The Kier molecular flexibility index (Phi) is 4.47. The molecule has 0 spiro atoms. The highest BCUT2D eigenvalue weighted by atomic mass is 35.5. The molecule has 0 saturated carbocycles. The van der Waals surface area contributed by atoms with Crippen molar-refractivity contribution in [3.05, 3.63) is 23.2 Å². The van der Waals surface area contributed by atoms with Crippen molar-refractivity contribution >= 4 is 24.0 Å². The molecule has 1 atom stereocenters. The van der Waals surface area contributed by atoms with Gasteiger partial charge in [0.05, 0.1) is 18.1 Å². The molecule has 1 aromatic heterocycles. The molecule has 0 aliphatic carbocycles. The molecule has 0 aromatic carbocycles. The molecule has 1 amide bonds. The van der Waals surface area contributed by atoms with E-state index in [0.29, 0.717) is 6.29 Å². The second-order valence-electron chi connectivity index (χ2n) is 5.17. The molecule has 0 fully saturated rings. The van der Waals surface area contributed by atoms with E-state index in [-0.39, 0.29) is 10.8 Å². The van der Waals surface area contributed by atoms with Gasteiger partial charge in [-0.25, -0.2) is 9.78 Å². The number of hydrogen-bond donors (Lipinski definition) is 1. The number of carbonyl (C=O) groups is 2. The Morgan fingerprint density at radius 2 is 1.95 bits per heavy atom. The number of aldehydes is 1. The van der Waals surface area contributed by atoms with E-state index < -0.39 is 17.2 Å². The van der Waals surface area contributed by atoms with Crippen LogP contribution in [0, 0.1) is 0 Å². The predicted molar refractivity (Wildman–Crippen MR) is 69.8 cm³/mol. The lowest BCUT2D eigenvalue weighted by molar-refractivity contribution is -0.113. The molecule has 0 aliphatic heterocycles. The second-order valence-corrected chi connectivity index (χ2v) is 5.56. The van der Waals surface area contributed by atoms with Gasteiger partial charge >= 0.3 is 6.09 Å². The van der Waals surface area contributed by atoms with Gasteiger partial charge in [-0.1, -0.05) is 11.6 Å². The molecule has 1 N–H and O–H groups in total. The molecule has 1 rings (SSSR count). The standard InChI is InChI=1S/C12H16ClN3O3/c1-11(2,3)19-10(18)16-12(4,7-17)8-5-15-9(13)6-14-8/h5-7H,1-4H3,(H,16,18). The van der Waals surface area contributed by atoms with E-state index in [0.717, 1.165) is 0 Å². The molecule has 0 radical (unpaired) electrons. The second kappa shape index (κ2) is 5.52. The summed E-state index contributed by atoms with van der Waals surface area (Å²) in [4.78, 5) is 30.8. The quantitative estimate of drug-likeness (QED) is 0.860. The normalized spacial score (nSPS) is 14.4. The molecular weight excluding hydrogens is 270 g/mol. The summed E-state index contributed by atoms with van der Waals surface area (Å²) in [5.74, 6) is 0. The van der Waals surface area contributed by atoms with Crippen molar-refractivity contribution in [3.63, 3.8) is 0 Å². The van der Waals surface area contributed by atoms with E-state index in [1.807, 2.05) is 0 Å². The zero-order chi connectivity index (χ0) is 14.7. The highest BCUT2D eigenvalue weighted by molar-refractivity contribution is 6.29. The van der Waals surface area contributed by atoms with Crippen molar-refractivity contribution in [1.29, 1.82) is 0 Å². The van der Waals surface area contributed by atoms with Gasteiger partial charge in [-0.15, -0.1) is 0 Å². The van der Waals surface area contributed by atoms with Crippen LogP contribution in [-0.4, -0.2) is 27.9 Å². The van der Waals surface area contributed by atoms with Gasteiger partial charge in [0.1, 0.15) is 16.3 Å². The minimum absolute atomic E-state index is 0.203. The summed E-state index contributed by atoms with van der Waals surface area (Å²) in [6, 6.07) is 0. The maximum Gasteiger partial charge on any atom is 0.408 e. The Hall–Kier alpha value is -1.69. The van der Waals surface area contributed by atoms with Gasteiger partial charge in [-0.3, -0.25) is 4.98 Å². The van der Waals surface area contributed by atoms with Crippen LogP contribution in [0.5, 0.6) is 0 Å². The van der Waals surface area contributed by atoms with Crippen molar-refractivity contribution in [2.24, 2.45) is 0 Å². The summed E-state index contributed by atoms with van der Waals surface area (Å²) in [6.07, 6.45) is 2.48. The van der Waals surface area contributed by atoms with E-state index in [1.54, 1.807) is 20.8 Å². The number of aromatic nitrogens is 2. The van der Waals surface area contributed by atoms with Crippen molar-refractivity contribution < 1.29 is 14.3 Å². The van der Waals surface area contributed by atoms with Gasteiger partial charge in [0.15, 0.2) is 6.29 Å². The van der Waals surface area contributed by atoms with Crippen LogP contribution >= 0.6 is 11.6 Å². The maximum atomic E-state index is 11.7. The van der Waals surface area contributed by atoms with Gasteiger partial charge in [0.25, 0.3) is 0 Å². The monoisotopic (exact) mass is 285 g/mol. The third-order valence-electron chi connectivity index (χ3n) is 2.15. The zero-order valence-corrected chi connectivity index (χ0v) is 12.0. The highest BCUT2D eigenvalue weighted by Crippen LogP contribution is 2.17. The number of amides is 1. The number of carbonyl (C=O) groups excluding carboxylic acids is 2. The number of nitrogens with one attached hydrogen (secondary N) is 1. The molecule has 1 aromatic rings. The fourth-order valence-corrected chi connectivity index (χ4v) is 1.35. The number of hydrogen-bond acceptors (Lipinski definition) is 5. The Bertz CT molecular complexity index is 470. The van der Waals surface area contributed by atoms with Crippen LogP contribution in [0.4, 0.5) is 4.79 Å². The average Bonchev–Trinajstić information content (AvgIpc) is 2.26. The van der Waals surface area contributed by atoms with Crippen molar-refractivity contribution in [3.8, 4) is 0 Å². The molecule has 104 valence electrons. The number of rotatable bonds is 3. The fraction of sp³-hybridized carbons (Fsp3) is 0.500. The first-order valence-corrected chi connectivity index (χ1v) is 5.99. The summed E-state index contributed by atoms with van der Waals surface area (Å²) < 4.78 is 5.10. The largest absolute Gasteiger partial charge is 0.444 e. The van der Waals surface area contributed by atoms with E-state index in [4.69, 9.17) is 16.3 Å². The van der Waals surface area contributed by atoms with Crippen molar-refractivity contribution in [2.75, 3.05) is 0 Å². The third kappa shape index (κ3) is 4.48. The van der Waals surface area contributed by atoms with Crippen LogP contribution in [0.25, 0.3) is 0 Å². The topological polar surface area (TPSA) is 81.2 Å². The Morgan fingerprint density at radius 3 is 2.37 bits per heavy atom. The summed E-state index contributed by atoms with van der Waals surface area (Å²) in [6.45, 7) is 6.69. The molecular formula is C12H16ClN3O3. The van der Waals surface area contributed by atoms with Crippen LogP contribution < -0.4 is 5.32 Å². The number of nitrogens with zero attached hydrogens (tertiary/aromatic N) is 2. The lowest BCUT2D eigenvalue weighted by Gasteiger charge is -2.26. The first-order valence-electron chi connectivity index (χ1n) is 5.62. The van der Waals surface area contributed by atoms with Gasteiger partial charge in [0, 0.05) is 0 Å². The lowest BCUT2D eigenvalue weighted by atomic mass is 10.0. The van der Waals surface area contributed by atoms with Crippen LogP contribution in [0.2, 0.25) is 5.15 Å². The van der Waals surface area contributed by atoms with Crippen LogP contribution in [0.1, 0.15) is 33.4 Å². The van der Waals surface area contributed by atoms with E-state index in [1.165, 1.54) is 19.3 Å². The van der Waals surface area contributed by atoms with Crippen LogP contribution in [0.3, 0.4) is 0 Å². The van der Waals surface area contributed by atoms with E-state index in [2.05, 4.69) is 15.3 Å². The molecule has 6 nitrogen and oxygen atoms in total. The molecule has 0 saturated heterocycles. The summed E-state index contributed by atoms with van der Waals surface area (Å²) in [7, 11) is 0. The minimum Gasteiger partial charge on any atom is -0.444 e. The summed E-state index contributed by atoms with van der Waals surface area (Å²) >= 11 is 5.62. The minimum atomic E-state index is -1.32. The molecule has 1 unspecified atom stereocenters. The number of alkyl carbamates (subject to hydrolysis) is 1. The van der Waals surface area contributed by atoms with Gasteiger partial charge in [-0.2, -0.15) is 0 Å². The SMILES string of the molecule is CC(C)(C)OC(=O)NC(C)(C=O)c1cnc(Cl)cn1. The van der Waals surface area contributed by atoms with Gasteiger partial charge in [-0.05, 0) is 27.7 Å². The summed E-state index contributed by atoms with van der Waals surface area (Å²) in [5, 5.41) is 2.66. The summed E-state index contributed by atoms with van der Waals surface area (Å²) in [5.41, 5.74) is -1.70. The molecule has 0 aliphatic rings. The maximum absolute atomic E-state index is 11.7. The fourth-order valence-electron chi connectivity index (χ4n) is 1.25. The molecule has 0 bridgehead atoms. The van der Waals surface area contributed by atoms with Crippen molar-refractivity contribution in [2.45, 2.75) is 38.8 Å². The predicted octanol–water partition coefficient (Wildman–Crippen LogP) is 2.07. The highest BCUT2D eigenvalue weighted by Gasteiger charge is 2.32. The Morgan fingerprint density at radius 1 is 1.32 bits per heavy atom. The average molecular weight is 286 g/mol. The van der Waals surface area contributed by atoms with Crippen LogP contribution in [0.15, 0.2) is 12.4 Å². The molecule has 7 heteroatoms. The molecule has 19 heavy (non-hydrogen) atoms. The molecule has 1 heterocycles. The first kappa shape index (κ1) is 15.4. The lowest BCUT2D eigenvalue weighted by Crippen LogP contribution is -2.47. The van der Waals surface area contributed by atoms with Gasteiger partial charge in [0.2, 0.25) is 0 Å². The number of halogens is 1. The van der Waals surface area contributed by atoms with Gasteiger partial charge < -0.3 is 14.8 Å². The number of ether oxygens (including phenoxy) is 1. The Balaban J connectivity index is 2.89. The Labute approximate surface area is 116 Å². The van der Waals surface area contributed by atoms with Crippen molar-refractivity contribution in [1.82, 2.24) is 15.3 Å².